The second-order valence-electron chi connectivity index (χ2n) is 3.54. The highest BCUT2D eigenvalue weighted by atomic mass is 19.1. The molecule has 0 unspecified atom stereocenters. The summed E-state index contributed by atoms with van der Waals surface area (Å²) in [5.41, 5.74) is 0.377. The van der Waals surface area contributed by atoms with E-state index < -0.39 is 11.8 Å². The van der Waals surface area contributed by atoms with Gasteiger partial charge in [0.15, 0.2) is 0 Å². The third-order valence-corrected chi connectivity index (χ3v) is 2.10. The topological polar surface area (TPSA) is 86.1 Å². The second kappa shape index (κ2) is 6.57. The van der Waals surface area contributed by atoms with E-state index in [0.717, 1.165) is 6.20 Å². The first-order valence-electron chi connectivity index (χ1n) is 5.21. The summed E-state index contributed by atoms with van der Waals surface area (Å²) in [5.74, 6) is -0.759. The summed E-state index contributed by atoms with van der Waals surface area (Å²) in [4.78, 5) is 14.1. The van der Waals surface area contributed by atoms with Gasteiger partial charge in [-0.1, -0.05) is 0 Å². The molecular formula is C11H14FN3O2. The molecule has 1 aromatic heterocycles. The standard InChI is InChI=1S/C11H14FN3O2/c12-8-1-3-10(15-7-8)14-6-5-9(13)2-4-11(16)17/h1,3,7,13H,2,4-6H2,(H,14,15)(H,16,17). The Morgan fingerprint density at radius 2 is 2.18 bits per heavy atom. The van der Waals surface area contributed by atoms with Crippen molar-refractivity contribution in [1.29, 1.82) is 5.41 Å². The van der Waals surface area contributed by atoms with E-state index in [9.17, 15) is 9.18 Å². The van der Waals surface area contributed by atoms with Crippen molar-refractivity contribution in [1.82, 2.24) is 4.98 Å². The summed E-state index contributed by atoms with van der Waals surface area (Å²) < 4.78 is 12.5. The Labute approximate surface area is 98.2 Å². The molecule has 0 atom stereocenters. The number of nitrogens with one attached hydrogen (secondary N) is 2. The molecule has 92 valence electrons. The zero-order valence-corrected chi connectivity index (χ0v) is 9.24. The molecule has 0 radical (unpaired) electrons. The zero-order chi connectivity index (χ0) is 12.7. The number of carboxylic acid groups (broad SMARTS) is 1. The van der Waals surface area contributed by atoms with Crippen molar-refractivity contribution in [2.45, 2.75) is 19.3 Å². The van der Waals surface area contributed by atoms with Crippen molar-refractivity contribution in [2.24, 2.45) is 0 Å². The Bertz CT molecular complexity index is 392. The van der Waals surface area contributed by atoms with Gasteiger partial charge in [0.05, 0.1) is 12.6 Å². The number of aromatic nitrogens is 1. The highest BCUT2D eigenvalue weighted by molar-refractivity contribution is 5.84. The predicted molar refractivity (Wildman–Crippen MR) is 61.9 cm³/mol. The minimum atomic E-state index is -0.900. The number of halogens is 1. The van der Waals surface area contributed by atoms with Crippen molar-refractivity contribution >= 4 is 17.5 Å². The van der Waals surface area contributed by atoms with Crippen molar-refractivity contribution in [3.05, 3.63) is 24.1 Å². The molecule has 0 aliphatic carbocycles. The molecule has 0 bridgehead atoms. The number of hydrogen-bond acceptors (Lipinski definition) is 4. The van der Waals surface area contributed by atoms with Gasteiger partial charge in [-0.15, -0.1) is 0 Å². The summed E-state index contributed by atoms with van der Waals surface area (Å²) in [5, 5.41) is 18.9. The summed E-state index contributed by atoms with van der Waals surface area (Å²) in [7, 11) is 0. The smallest absolute Gasteiger partial charge is 0.303 e. The number of anilines is 1. The Kier molecular flexibility index (Phi) is 5.06. The molecule has 6 heteroatoms. The molecule has 1 rings (SSSR count). The van der Waals surface area contributed by atoms with Crippen molar-refractivity contribution < 1.29 is 14.3 Å². The number of hydrogen-bond donors (Lipinski definition) is 3. The van der Waals surface area contributed by atoms with Crippen LogP contribution in [-0.4, -0.2) is 28.3 Å². The fraction of sp³-hybridized carbons (Fsp3) is 0.364. The van der Waals surface area contributed by atoms with Crippen LogP contribution in [0.2, 0.25) is 0 Å². The quantitative estimate of drug-likeness (QED) is 0.634. The van der Waals surface area contributed by atoms with Crippen LogP contribution >= 0.6 is 0 Å². The second-order valence-corrected chi connectivity index (χ2v) is 3.54. The van der Waals surface area contributed by atoms with Crippen molar-refractivity contribution in [3.63, 3.8) is 0 Å². The van der Waals surface area contributed by atoms with E-state index in [1.54, 1.807) is 0 Å². The van der Waals surface area contributed by atoms with Crippen LogP contribution in [-0.2, 0) is 4.79 Å². The minimum Gasteiger partial charge on any atom is -0.481 e. The minimum absolute atomic E-state index is 0.0202. The molecule has 17 heavy (non-hydrogen) atoms. The molecule has 0 saturated heterocycles. The lowest BCUT2D eigenvalue weighted by molar-refractivity contribution is -0.136. The Morgan fingerprint density at radius 3 is 2.76 bits per heavy atom. The van der Waals surface area contributed by atoms with Gasteiger partial charge < -0.3 is 15.8 Å². The van der Waals surface area contributed by atoms with Gasteiger partial charge in [-0.05, 0) is 18.6 Å². The third-order valence-electron chi connectivity index (χ3n) is 2.10. The SMILES string of the molecule is N=C(CCNc1ccc(F)cn1)CCC(=O)O. The van der Waals surface area contributed by atoms with E-state index in [1.807, 2.05) is 0 Å². The van der Waals surface area contributed by atoms with Gasteiger partial charge in [-0.3, -0.25) is 4.79 Å². The van der Waals surface area contributed by atoms with Crippen molar-refractivity contribution in [3.8, 4) is 0 Å². The van der Waals surface area contributed by atoms with E-state index in [-0.39, 0.29) is 12.8 Å². The van der Waals surface area contributed by atoms with Crippen LogP contribution in [0.15, 0.2) is 18.3 Å². The van der Waals surface area contributed by atoms with Gasteiger partial charge in [0.25, 0.3) is 0 Å². The van der Waals surface area contributed by atoms with Crippen LogP contribution in [0, 0.1) is 11.2 Å². The highest BCUT2D eigenvalue weighted by Crippen LogP contribution is 2.04. The van der Waals surface area contributed by atoms with Crippen LogP contribution in [0.4, 0.5) is 10.2 Å². The van der Waals surface area contributed by atoms with E-state index in [1.165, 1.54) is 12.1 Å². The fourth-order valence-electron chi connectivity index (χ4n) is 1.20. The van der Waals surface area contributed by atoms with Crippen LogP contribution in [0.3, 0.4) is 0 Å². The average molecular weight is 239 g/mol. The third kappa shape index (κ3) is 5.60. The first-order valence-corrected chi connectivity index (χ1v) is 5.21. The van der Waals surface area contributed by atoms with Gasteiger partial charge in [0.2, 0.25) is 0 Å². The number of rotatable bonds is 7. The molecule has 0 saturated carbocycles. The van der Waals surface area contributed by atoms with Gasteiger partial charge >= 0.3 is 5.97 Å². The maximum atomic E-state index is 12.5. The van der Waals surface area contributed by atoms with E-state index in [2.05, 4.69) is 10.3 Å². The van der Waals surface area contributed by atoms with Gasteiger partial charge in [-0.2, -0.15) is 0 Å². The first-order chi connectivity index (χ1) is 8.08. The number of carbonyl (C=O) groups is 1. The Balaban J connectivity index is 2.21. The monoisotopic (exact) mass is 239 g/mol. The maximum Gasteiger partial charge on any atom is 0.303 e. The number of nitrogens with zero attached hydrogens (tertiary/aromatic N) is 1. The molecule has 1 heterocycles. The van der Waals surface area contributed by atoms with Crippen LogP contribution < -0.4 is 5.32 Å². The lowest BCUT2D eigenvalue weighted by Gasteiger charge is -2.05. The summed E-state index contributed by atoms with van der Waals surface area (Å²) in [6.07, 6.45) is 1.80. The molecule has 5 nitrogen and oxygen atoms in total. The Morgan fingerprint density at radius 1 is 1.41 bits per heavy atom. The van der Waals surface area contributed by atoms with Gasteiger partial charge in [0, 0.05) is 18.7 Å². The van der Waals surface area contributed by atoms with Crippen LogP contribution in [0.1, 0.15) is 19.3 Å². The van der Waals surface area contributed by atoms with Crippen LogP contribution in [0.25, 0.3) is 0 Å². The maximum absolute atomic E-state index is 12.5. The number of aliphatic carboxylic acids is 1. The molecule has 0 amide bonds. The zero-order valence-electron chi connectivity index (χ0n) is 9.24. The number of carboxylic acids is 1. The lowest BCUT2D eigenvalue weighted by atomic mass is 10.1. The molecule has 1 aromatic rings. The summed E-state index contributed by atoms with van der Waals surface area (Å²) >= 11 is 0. The molecular weight excluding hydrogens is 225 g/mol. The predicted octanol–water partition coefficient (Wildman–Crippen LogP) is 1.91. The van der Waals surface area contributed by atoms with Crippen molar-refractivity contribution in [2.75, 3.05) is 11.9 Å². The molecule has 0 aliphatic heterocycles. The molecule has 0 aromatic carbocycles. The molecule has 3 N–H and O–H groups in total. The largest absolute Gasteiger partial charge is 0.481 e. The molecule has 0 fully saturated rings. The summed E-state index contributed by atoms with van der Waals surface area (Å²) in [6.45, 7) is 0.483. The van der Waals surface area contributed by atoms with Gasteiger partial charge in [0.1, 0.15) is 11.6 Å². The van der Waals surface area contributed by atoms with E-state index in [0.29, 0.717) is 24.5 Å². The first kappa shape index (κ1) is 13.1. The Hall–Kier alpha value is -1.98. The molecule has 0 aliphatic rings. The normalized spacial score (nSPS) is 9.94. The molecule has 0 spiro atoms. The average Bonchev–Trinajstić information content (AvgIpc) is 2.29. The number of pyridine rings is 1. The summed E-state index contributed by atoms with van der Waals surface area (Å²) in [6, 6.07) is 2.81. The van der Waals surface area contributed by atoms with Gasteiger partial charge in [-0.25, -0.2) is 9.37 Å². The highest BCUT2D eigenvalue weighted by Gasteiger charge is 2.02. The van der Waals surface area contributed by atoms with E-state index >= 15 is 0 Å². The lowest BCUT2D eigenvalue weighted by Crippen LogP contribution is -2.10. The fourth-order valence-corrected chi connectivity index (χ4v) is 1.20. The van der Waals surface area contributed by atoms with E-state index in [4.69, 9.17) is 10.5 Å². The van der Waals surface area contributed by atoms with Crippen LogP contribution in [0.5, 0.6) is 0 Å².